The molecule has 2 aromatic rings. The van der Waals surface area contributed by atoms with Gasteiger partial charge in [-0.1, -0.05) is 24.1 Å². The molecule has 1 aromatic carbocycles. The zero-order valence-electron chi connectivity index (χ0n) is 17.8. The first-order chi connectivity index (χ1) is 15.6. The summed E-state index contributed by atoms with van der Waals surface area (Å²) in [6.07, 6.45) is 8.92. The lowest BCUT2D eigenvalue weighted by Crippen LogP contribution is -2.38. The molecule has 2 unspecified atom stereocenters. The number of nitrogens with one attached hydrogen (secondary N) is 2. The molecule has 4 atom stereocenters. The van der Waals surface area contributed by atoms with Crippen molar-refractivity contribution in [2.24, 2.45) is 0 Å². The van der Waals surface area contributed by atoms with Crippen LogP contribution in [0.25, 0.3) is 0 Å². The molecule has 0 bridgehead atoms. The number of ether oxygens (including phenoxy) is 1. The number of aromatic nitrogens is 2. The van der Waals surface area contributed by atoms with E-state index in [1.54, 1.807) is 18.2 Å². The molecule has 174 valence electrons. The third-order valence-electron chi connectivity index (χ3n) is 4.67. The van der Waals surface area contributed by atoms with Crippen LogP contribution in [0.5, 0.6) is 5.75 Å². The molecule has 1 aliphatic rings. The van der Waals surface area contributed by atoms with Crippen LogP contribution in [0.15, 0.2) is 58.3 Å². The van der Waals surface area contributed by atoms with Crippen LogP contribution in [0.1, 0.15) is 18.7 Å². The summed E-state index contributed by atoms with van der Waals surface area (Å²) in [6, 6.07) is 6.77. The third kappa shape index (κ3) is 5.69. The highest BCUT2D eigenvalue weighted by molar-refractivity contribution is 7.52. The Morgan fingerprint density at radius 3 is 2.76 bits per heavy atom. The first kappa shape index (κ1) is 24.2. The standard InChI is InChI=1S/C21H22N3O8P/c1-4-21(11-10-17(31-21)24-12-14(2)18(25)22-20(24)28)13-30-33(29,23-15(3)19(26)27)32-16-8-6-5-7-9-16/h1,5-12,15,17H,13H2,2-3H3,(H,23,29)(H,26,27)(H,22,25,28)/t15?,17-,21+,33?/m1/s1. The average molecular weight is 475 g/mol. The average Bonchev–Trinajstić information content (AvgIpc) is 3.20. The molecule has 2 heterocycles. The zero-order valence-corrected chi connectivity index (χ0v) is 18.7. The van der Waals surface area contributed by atoms with Crippen molar-refractivity contribution < 1.29 is 28.3 Å². The minimum Gasteiger partial charge on any atom is -0.480 e. The lowest BCUT2D eigenvalue weighted by Gasteiger charge is -2.27. The molecule has 0 fully saturated rings. The Morgan fingerprint density at radius 2 is 2.12 bits per heavy atom. The number of para-hydroxylation sites is 1. The van der Waals surface area contributed by atoms with E-state index in [2.05, 4.69) is 16.0 Å². The first-order valence-corrected chi connectivity index (χ1v) is 11.3. The van der Waals surface area contributed by atoms with Crippen molar-refractivity contribution >= 4 is 13.7 Å². The number of H-pyrrole nitrogens is 1. The Kier molecular flexibility index (Phi) is 7.05. The number of aryl methyl sites for hydroxylation is 1. The van der Waals surface area contributed by atoms with Crippen molar-refractivity contribution in [3.63, 3.8) is 0 Å². The van der Waals surface area contributed by atoms with Gasteiger partial charge in [-0.2, -0.15) is 5.09 Å². The summed E-state index contributed by atoms with van der Waals surface area (Å²) in [5, 5.41) is 11.5. The number of carboxylic acids is 1. The topological polar surface area (TPSA) is 149 Å². The number of carbonyl (C=O) groups is 1. The van der Waals surface area contributed by atoms with E-state index in [0.29, 0.717) is 0 Å². The van der Waals surface area contributed by atoms with E-state index in [1.165, 1.54) is 44.3 Å². The fourth-order valence-corrected chi connectivity index (χ4v) is 4.37. The highest BCUT2D eigenvalue weighted by Crippen LogP contribution is 2.46. The number of nitrogens with zero attached hydrogens (tertiary/aromatic N) is 1. The maximum Gasteiger partial charge on any atom is 0.459 e. The van der Waals surface area contributed by atoms with Crippen molar-refractivity contribution in [2.75, 3.05) is 6.61 Å². The Balaban J connectivity index is 1.81. The molecule has 0 radical (unpaired) electrons. The van der Waals surface area contributed by atoms with Gasteiger partial charge in [-0.05, 0) is 38.1 Å². The zero-order chi connectivity index (χ0) is 24.2. The molecule has 12 heteroatoms. The lowest BCUT2D eigenvalue weighted by atomic mass is 10.1. The Bertz CT molecular complexity index is 1260. The molecule has 0 spiro atoms. The van der Waals surface area contributed by atoms with Crippen molar-refractivity contribution in [1.82, 2.24) is 14.6 Å². The summed E-state index contributed by atoms with van der Waals surface area (Å²) in [6.45, 7) is 2.31. The molecule has 33 heavy (non-hydrogen) atoms. The Morgan fingerprint density at radius 1 is 1.42 bits per heavy atom. The number of terminal acetylenes is 1. The van der Waals surface area contributed by atoms with Crippen LogP contribution in [0, 0.1) is 19.3 Å². The summed E-state index contributed by atoms with van der Waals surface area (Å²) in [4.78, 5) is 37.2. The van der Waals surface area contributed by atoms with Crippen LogP contribution in [0.4, 0.5) is 0 Å². The van der Waals surface area contributed by atoms with Gasteiger partial charge in [-0.3, -0.25) is 23.7 Å². The van der Waals surface area contributed by atoms with Gasteiger partial charge in [-0.25, -0.2) is 9.36 Å². The van der Waals surface area contributed by atoms with Crippen LogP contribution in [-0.4, -0.2) is 38.9 Å². The Hall–Kier alpha value is -3.42. The predicted octanol–water partition coefficient (Wildman–Crippen LogP) is 1.57. The lowest BCUT2D eigenvalue weighted by molar-refractivity contribution is -0.138. The molecule has 0 saturated heterocycles. The summed E-state index contributed by atoms with van der Waals surface area (Å²) < 4.78 is 31.2. The van der Waals surface area contributed by atoms with Crippen LogP contribution in [0.2, 0.25) is 0 Å². The highest BCUT2D eigenvalue weighted by Gasteiger charge is 2.40. The van der Waals surface area contributed by atoms with Gasteiger partial charge in [0.1, 0.15) is 18.4 Å². The second-order valence-electron chi connectivity index (χ2n) is 7.24. The smallest absolute Gasteiger partial charge is 0.459 e. The summed E-state index contributed by atoms with van der Waals surface area (Å²) in [5.41, 5.74) is -2.49. The van der Waals surface area contributed by atoms with Crippen LogP contribution < -0.4 is 20.9 Å². The molecule has 1 aromatic heterocycles. The monoisotopic (exact) mass is 475 g/mol. The third-order valence-corrected chi connectivity index (χ3v) is 6.29. The van der Waals surface area contributed by atoms with Gasteiger partial charge >= 0.3 is 19.4 Å². The number of hydrogen-bond acceptors (Lipinski definition) is 7. The molecule has 1 aliphatic heterocycles. The number of benzene rings is 1. The van der Waals surface area contributed by atoms with Gasteiger partial charge in [0.2, 0.25) is 0 Å². The van der Waals surface area contributed by atoms with Crippen molar-refractivity contribution in [1.29, 1.82) is 0 Å². The largest absolute Gasteiger partial charge is 0.480 e. The number of aromatic amines is 1. The first-order valence-electron chi connectivity index (χ1n) is 9.73. The molecule has 11 nitrogen and oxygen atoms in total. The van der Waals surface area contributed by atoms with E-state index < -0.39 is 49.4 Å². The summed E-state index contributed by atoms with van der Waals surface area (Å²) >= 11 is 0. The van der Waals surface area contributed by atoms with E-state index in [4.69, 9.17) is 20.2 Å². The summed E-state index contributed by atoms with van der Waals surface area (Å²) in [5.74, 6) is 1.30. The van der Waals surface area contributed by atoms with E-state index in [-0.39, 0.29) is 11.3 Å². The molecule has 0 saturated carbocycles. The molecule has 0 aliphatic carbocycles. The van der Waals surface area contributed by atoms with Crippen molar-refractivity contribution in [3.8, 4) is 18.1 Å². The van der Waals surface area contributed by atoms with E-state index in [9.17, 15) is 24.1 Å². The highest BCUT2D eigenvalue weighted by atomic mass is 31.2. The van der Waals surface area contributed by atoms with Gasteiger partial charge in [0.25, 0.3) is 5.56 Å². The van der Waals surface area contributed by atoms with Gasteiger partial charge < -0.3 is 14.4 Å². The second-order valence-corrected chi connectivity index (χ2v) is 8.94. The number of rotatable bonds is 9. The van der Waals surface area contributed by atoms with Crippen LogP contribution in [-0.2, 0) is 18.6 Å². The summed E-state index contributed by atoms with van der Waals surface area (Å²) in [7, 11) is -4.23. The second kappa shape index (κ2) is 9.60. The quantitative estimate of drug-likeness (QED) is 0.279. The molecule has 3 N–H and O–H groups in total. The van der Waals surface area contributed by atoms with Crippen molar-refractivity contribution in [3.05, 3.63) is 75.1 Å². The maximum atomic E-state index is 13.3. The SMILES string of the molecule is C#C[C@@]1(COP(=O)(NC(C)C(=O)O)Oc2ccccc2)C=C[C@H](n2cc(C)c(=O)[nH]c2=O)O1. The van der Waals surface area contributed by atoms with Gasteiger partial charge in [0.15, 0.2) is 11.8 Å². The predicted molar refractivity (Wildman–Crippen MR) is 118 cm³/mol. The number of carboxylic acid groups (broad SMARTS) is 1. The maximum absolute atomic E-state index is 13.3. The fourth-order valence-electron chi connectivity index (χ4n) is 2.85. The minimum absolute atomic E-state index is 0.178. The minimum atomic E-state index is -4.23. The van der Waals surface area contributed by atoms with Gasteiger partial charge in [0, 0.05) is 11.8 Å². The number of aliphatic carboxylic acids is 1. The van der Waals surface area contributed by atoms with Gasteiger partial charge in [-0.15, -0.1) is 6.42 Å². The van der Waals surface area contributed by atoms with E-state index in [0.717, 1.165) is 4.57 Å². The molecular weight excluding hydrogens is 453 g/mol. The fraction of sp³-hybridized carbons (Fsp3) is 0.286. The van der Waals surface area contributed by atoms with E-state index in [1.807, 2.05) is 0 Å². The number of hydrogen-bond donors (Lipinski definition) is 3. The normalized spacial score (nSPS) is 22.3. The van der Waals surface area contributed by atoms with Crippen LogP contribution >= 0.6 is 7.75 Å². The van der Waals surface area contributed by atoms with Crippen LogP contribution in [0.3, 0.4) is 0 Å². The Labute approximate surface area is 188 Å². The van der Waals surface area contributed by atoms with Gasteiger partial charge in [0.05, 0.1) is 0 Å². The molecular formula is C21H22N3O8P. The molecule has 3 rings (SSSR count). The van der Waals surface area contributed by atoms with Crippen molar-refractivity contribution in [2.45, 2.75) is 31.7 Å². The molecule has 0 amide bonds. The van der Waals surface area contributed by atoms with E-state index >= 15 is 0 Å².